The summed E-state index contributed by atoms with van der Waals surface area (Å²) in [7, 11) is 0. The molecule has 1 aromatic heterocycles. The summed E-state index contributed by atoms with van der Waals surface area (Å²) in [5.41, 5.74) is 1.46. The van der Waals surface area contributed by atoms with Crippen LogP contribution in [0.4, 0.5) is 0 Å². The van der Waals surface area contributed by atoms with E-state index in [2.05, 4.69) is 6.58 Å². The number of esters is 1. The minimum absolute atomic E-state index is 0.280. The molecule has 15 heavy (non-hydrogen) atoms. The molecular weight excluding hydrogens is 208 g/mol. The predicted octanol–water partition coefficient (Wildman–Crippen LogP) is 3.27. The Hall–Kier alpha value is -1.35. The van der Waals surface area contributed by atoms with Gasteiger partial charge in [0.25, 0.3) is 0 Å². The molecule has 0 radical (unpaired) electrons. The Morgan fingerprint density at radius 1 is 1.67 bits per heavy atom. The van der Waals surface area contributed by atoms with Crippen LogP contribution in [0.25, 0.3) is 5.57 Å². The van der Waals surface area contributed by atoms with E-state index in [1.54, 1.807) is 13.0 Å². The second kappa shape index (κ2) is 5.51. The second-order valence-corrected chi connectivity index (χ2v) is 3.91. The fourth-order valence-corrected chi connectivity index (χ4v) is 2.01. The van der Waals surface area contributed by atoms with Crippen LogP contribution in [0.2, 0.25) is 0 Å². The summed E-state index contributed by atoms with van der Waals surface area (Å²) in [6.07, 6.45) is 1.67. The van der Waals surface area contributed by atoms with Gasteiger partial charge in [-0.1, -0.05) is 18.7 Å². The lowest BCUT2D eigenvalue weighted by molar-refractivity contribution is -0.136. The standard InChI is InChI=1S/C12H14O2S/c1-4-9(3)11(12(13)14-5-2)10-7-6-8-15-10/h4,6-8H,1,5H2,2-3H3. The molecule has 0 bridgehead atoms. The van der Waals surface area contributed by atoms with E-state index < -0.39 is 0 Å². The molecule has 0 saturated carbocycles. The first kappa shape index (κ1) is 11.7. The molecule has 0 aliphatic heterocycles. The third kappa shape index (κ3) is 2.80. The van der Waals surface area contributed by atoms with Gasteiger partial charge in [-0.25, -0.2) is 4.79 Å². The summed E-state index contributed by atoms with van der Waals surface area (Å²) in [4.78, 5) is 12.6. The molecule has 0 atom stereocenters. The van der Waals surface area contributed by atoms with Crippen LogP contribution in [0, 0.1) is 0 Å². The number of allylic oxidation sites excluding steroid dienone is 2. The number of carbonyl (C=O) groups is 1. The Labute approximate surface area is 93.9 Å². The molecule has 2 nitrogen and oxygen atoms in total. The van der Waals surface area contributed by atoms with Crippen LogP contribution >= 0.6 is 11.3 Å². The van der Waals surface area contributed by atoms with Crippen molar-refractivity contribution < 1.29 is 9.53 Å². The molecule has 3 heteroatoms. The molecule has 0 aliphatic carbocycles. The van der Waals surface area contributed by atoms with E-state index in [1.807, 2.05) is 24.4 Å². The van der Waals surface area contributed by atoms with Crippen LogP contribution in [-0.2, 0) is 9.53 Å². The van der Waals surface area contributed by atoms with Gasteiger partial charge in [-0.05, 0) is 30.9 Å². The maximum absolute atomic E-state index is 11.7. The molecular formula is C12H14O2S. The van der Waals surface area contributed by atoms with E-state index in [1.165, 1.54) is 11.3 Å². The quantitative estimate of drug-likeness (QED) is 0.444. The predicted molar refractivity (Wildman–Crippen MR) is 63.7 cm³/mol. The van der Waals surface area contributed by atoms with Gasteiger partial charge in [0.15, 0.2) is 0 Å². The maximum atomic E-state index is 11.7. The van der Waals surface area contributed by atoms with Crippen LogP contribution in [0.5, 0.6) is 0 Å². The van der Waals surface area contributed by atoms with Gasteiger partial charge in [0, 0.05) is 4.88 Å². The summed E-state index contributed by atoms with van der Waals surface area (Å²) in [6, 6.07) is 3.82. The molecule has 1 aromatic rings. The van der Waals surface area contributed by atoms with Crippen LogP contribution in [0.15, 0.2) is 35.7 Å². The summed E-state index contributed by atoms with van der Waals surface area (Å²) in [5.74, 6) is -0.280. The summed E-state index contributed by atoms with van der Waals surface area (Å²) in [5, 5.41) is 1.94. The molecule has 0 fully saturated rings. The maximum Gasteiger partial charge on any atom is 0.339 e. The summed E-state index contributed by atoms with van der Waals surface area (Å²) in [6.45, 7) is 7.72. The summed E-state index contributed by atoms with van der Waals surface area (Å²) >= 11 is 1.52. The Bertz CT molecular complexity index is 374. The number of rotatable bonds is 4. The van der Waals surface area contributed by atoms with Crippen molar-refractivity contribution in [3.8, 4) is 0 Å². The molecule has 1 rings (SSSR count). The Balaban J connectivity index is 3.11. The van der Waals surface area contributed by atoms with Crippen LogP contribution in [0.1, 0.15) is 18.7 Å². The van der Waals surface area contributed by atoms with Crippen molar-refractivity contribution in [2.24, 2.45) is 0 Å². The van der Waals surface area contributed by atoms with E-state index in [-0.39, 0.29) is 5.97 Å². The Morgan fingerprint density at radius 2 is 2.40 bits per heavy atom. The van der Waals surface area contributed by atoms with Gasteiger partial charge in [0.1, 0.15) is 0 Å². The molecule has 80 valence electrons. The lowest BCUT2D eigenvalue weighted by atomic mass is 10.1. The van der Waals surface area contributed by atoms with Gasteiger partial charge in [-0.3, -0.25) is 0 Å². The van der Waals surface area contributed by atoms with Crippen molar-refractivity contribution in [1.82, 2.24) is 0 Å². The van der Waals surface area contributed by atoms with Crippen LogP contribution < -0.4 is 0 Å². The first-order chi connectivity index (χ1) is 7.20. The largest absolute Gasteiger partial charge is 0.462 e. The van der Waals surface area contributed by atoms with Gasteiger partial charge in [-0.2, -0.15) is 0 Å². The van der Waals surface area contributed by atoms with Crippen molar-refractivity contribution in [2.75, 3.05) is 6.61 Å². The average molecular weight is 222 g/mol. The first-order valence-electron chi connectivity index (χ1n) is 4.75. The highest BCUT2D eigenvalue weighted by Gasteiger charge is 2.15. The zero-order chi connectivity index (χ0) is 11.3. The summed E-state index contributed by atoms with van der Waals surface area (Å²) < 4.78 is 5.01. The highest BCUT2D eigenvalue weighted by atomic mass is 32.1. The van der Waals surface area contributed by atoms with E-state index >= 15 is 0 Å². The molecule has 0 saturated heterocycles. The zero-order valence-electron chi connectivity index (χ0n) is 8.95. The van der Waals surface area contributed by atoms with Crippen molar-refractivity contribution >= 4 is 22.9 Å². The zero-order valence-corrected chi connectivity index (χ0v) is 9.76. The lowest BCUT2D eigenvalue weighted by Gasteiger charge is -2.06. The minimum atomic E-state index is -0.280. The number of hydrogen-bond acceptors (Lipinski definition) is 3. The molecule has 0 aliphatic rings. The normalized spacial score (nSPS) is 11.9. The third-order valence-corrected chi connectivity index (χ3v) is 2.84. The average Bonchev–Trinajstić information content (AvgIpc) is 2.71. The van der Waals surface area contributed by atoms with E-state index in [0.29, 0.717) is 12.2 Å². The Morgan fingerprint density at radius 3 is 2.87 bits per heavy atom. The molecule has 1 heterocycles. The monoisotopic (exact) mass is 222 g/mol. The van der Waals surface area contributed by atoms with Gasteiger partial charge in [0.05, 0.1) is 12.2 Å². The van der Waals surface area contributed by atoms with E-state index in [0.717, 1.165) is 10.5 Å². The molecule has 0 N–H and O–H groups in total. The molecule has 0 amide bonds. The van der Waals surface area contributed by atoms with Crippen molar-refractivity contribution in [3.05, 3.63) is 40.6 Å². The number of thiophene rings is 1. The fraction of sp³-hybridized carbons (Fsp3) is 0.250. The smallest absolute Gasteiger partial charge is 0.339 e. The molecule has 0 aromatic carbocycles. The minimum Gasteiger partial charge on any atom is -0.462 e. The second-order valence-electron chi connectivity index (χ2n) is 2.96. The first-order valence-corrected chi connectivity index (χ1v) is 5.63. The lowest BCUT2D eigenvalue weighted by Crippen LogP contribution is -2.07. The Kier molecular flexibility index (Phi) is 4.31. The topological polar surface area (TPSA) is 26.3 Å². The van der Waals surface area contributed by atoms with E-state index in [9.17, 15) is 4.79 Å². The highest BCUT2D eigenvalue weighted by molar-refractivity contribution is 7.11. The third-order valence-electron chi connectivity index (χ3n) is 1.95. The molecule has 0 unspecified atom stereocenters. The van der Waals surface area contributed by atoms with E-state index in [4.69, 9.17) is 4.74 Å². The van der Waals surface area contributed by atoms with Gasteiger partial charge in [-0.15, -0.1) is 11.3 Å². The molecule has 0 spiro atoms. The fourth-order valence-electron chi connectivity index (χ4n) is 1.18. The van der Waals surface area contributed by atoms with Crippen molar-refractivity contribution in [1.29, 1.82) is 0 Å². The van der Waals surface area contributed by atoms with Gasteiger partial charge < -0.3 is 4.74 Å². The highest BCUT2D eigenvalue weighted by Crippen LogP contribution is 2.25. The van der Waals surface area contributed by atoms with Gasteiger partial charge >= 0.3 is 5.97 Å². The van der Waals surface area contributed by atoms with Crippen molar-refractivity contribution in [2.45, 2.75) is 13.8 Å². The SMILES string of the molecule is C=CC(C)=C(C(=O)OCC)c1cccs1. The number of carbonyl (C=O) groups excluding carboxylic acids is 1. The van der Waals surface area contributed by atoms with Crippen LogP contribution in [0.3, 0.4) is 0 Å². The van der Waals surface area contributed by atoms with Crippen molar-refractivity contribution in [3.63, 3.8) is 0 Å². The van der Waals surface area contributed by atoms with Crippen LogP contribution in [-0.4, -0.2) is 12.6 Å². The number of ether oxygens (including phenoxy) is 1. The van der Waals surface area contributed by atoms with Gasteiger partial charge in [0.2, 0.25) is 0 Å². The number of hydrogen-bond donors (Lipinski definition) is 0.